The molecule has 1 saturated carbocycles. The second-order valence-electron chi connectivity index (χ2n) is 4.62. The van der Waals surface area contributed by atoms with Gasteiger partial charge in [-0.1, -0.05) is 0 Å². The molecule has 17 heavy (non-hydrogen) atoms. The molecule has 0 bridgehead atoms. The first-order valence-electron chi connectivity index (χ1n) is 5.76. The maximum Gasteiger partial charge on any atom is 0.306 e. The van der Waals surface area contributed by atoms with Crippen molar-refractivity contribution < 1.29 is 24.0 Å². The van der Waals surface area contributed by atoms with Crippen LogP contribution < -0.4 is 0 Å². The Bertz CT molecular complexity index is 284. The molecule has 1 rings (SSSR count). The highest BCUT2D eigenvalue weighted by atomic mass is 32.2. The highest BCUT2D eigenvalue weighted by Gasteiger charge is 2.36. The van der Waals surface area contributed by atoms with Crippen LogP contribution in [-0.2, 0) is 20.3 Å². The Kier molecular flexibility index (Phi) is 5.55. The molecule has 100 valence electrons. The van der Waals surface area contributed by atoms with Crippen LogP contribution in [0, 0.1) is 5.92 Å². The van der Waals surface area contributed by atoms with Gasteiger partial charge in [0.25, 0.3) is 0 Å². The maximum atomic E-state index is 11.6. The molecule has 6 heteroatoms. The molecule has 0 radical (unpaired) electrons. The number of hydrogen-bond donors (Lipinski definition) is 2. The summed E-state index contributed by atoms with van der Waals surface area (Å²) in [5, 5.41) is 19.1. The Morgan fingerprint density at radius 1 is 1.47 bits per heavy atom. The van der Waals surface area contributed by atoms with Crippen molar-refractivity contribution in [3.8, 4) is 0 Å². The normalized spacial score (nSPS) is 31.1. The van der Waals surface area contributed by atoms with Gasteiger partial charge in [0.05, 0.1) is 23.9 Å². The van der Waals surface area contributed by atoms with E-state index in [4.69, 9.17) is 9.84 Å². The number of aliphatic hydroxyl groups is 1. The molecule has 0 heterocycles. The molecule has 0 aromatic heterocycles. The topological polar surface area (TPSA) is 83.8 Å². The molecule has 1 atom stereocenters. The second kappa shape index (κ2) is 6.47. The van der Waals surface area contributed by atoms with Crippen LogP contribution in [0.5, 0.6) is 0 Å². The van der Waals surface area contributed by atoms with Gasteiger partial charge in [0.15, 0.2) is 0 Å². The van der Waals surface area contributed by atoms with E-state index in [1.165, 1.54) is 0 Å². The van der Waals surface area contributed by atoms with Crippen LogP contribution in [0.1, 0.15) is 25.7 Å². The van der Waals surface area contributed by atoms with Crippen molar-refractivity contribution in [2.45, 2.75) is 31.3 Å². The third kappa shape index (κ3) is 4.73. The van der Waals surface area contributed by atoms with E-state index in [9.17, 15) is 14.1 Å². The third-order valence-corrected chi connectivity index (χ3v) is 4.69. The summed E-state index contributed by atoms with van der Waals surface area (Å²) in [5.41, 5.74) is -0.954. The number of carbonyl (C=O) groups is 1. The minimum absolute atomic E-state index is 0.225. The zero-order valence-electron chi connectivity index (χ0n) is 10.1. The maximum absolute atomic E-state index is 11.6. The van der Waals surface area contributed by atoms with Crippen LogP contribution in [0.3, 0.4) is 0 Å². The van der Waals surface area contributed by atoms with Gasteiger partial charge in [-0.3, -0.25) is 9.00 Å². The fourth-order valence-electron chi connectivity index (χ4n) is 2.09. The number of carboxylic acid groups (broad SMARTS) is 1. The molecular weight excluding hydrogens is 244 g/mol. The Morgan fingerprint density at radius 3 is 2.53 bits per heavy atom. The molecule has 0 spiro atoms. The number of ether oxygens (including phenoxy) is 1. The lowest BCUT2D eigenvalue weighted by molar-refractivity contribution is -0.144. The molecule has 0 saturated heterocycles. The Hall–Kier alpha value is -0.460. The number of methoxy groups -OCH3 is 1. The van der Waals surface area contributed by atoms with Crippen molar-refractivity contribution in [1.82, 2.24) is 0 Å². The van der Waals surface area contributed by atoms with Gasteiger partial charge in [-0.2, -0.15) is 0 Å². The average Bonchev–Trinajstić information content (AvgIpc) is 2.26. The monoisotopic (exact) mass is 264 g/mol. The first-order valence-corrected chi connectivity index (χ1v) is 7.25. The lowest BCUT2D eigenvalue weighted by atomic mass is 9.80. The molecule has 1 fully saturated rings. The van der Waals surface area contributed by atoms with Gasteiger partial charge in [0.1, 0.15) is 0 Å². The predicted molar refractivity (Wildman–Crippen MR) is 64.3 cm³/mol. The summed E-state index contributed by atoms with van der Waals surface area (Å²) in [5.74, 6) is -0.514. The van der Waals surface area contributed by atoms with Crippen LogP contribution in [-0.4, -0.2) is 51.2 Å². The molecule has 5 nitrogen and oxygen atoms in total. The first kappa shape index (κ1) is 14.6. The molecule has 0 aromatic carbocycles. The fraction of sp³-hybridized carbons (Fsp3) is 0.909. The van der Waals surface area contributed by atoms with Gasteiger partial charge < -0.3 is 14.9 Å². The molecule has 0 amide bonds. The van der Waals surface area contributed by atoms with Gasteiger partial charge in [-0.05, 0) is 25.7 Å². The lowest BCUT2D eigenvalue weighted by Crippen LogP contribution is -2.41. The molecule has 0 aliphatic heterocycles. The van der Waals surface area contributed by atoms with E-state index < -0.39 is 22.4 Å². The summed E-state index contributed by atoms with van der Waals surface area (Å²) in [7, 11) is 0.444. The highest BCUT2D eigenvalue weighted by molar-refractivity contribution is 7.85. The number of carboxylic acids is 1. The Morgan fingerprint density at radius 2 is 2.06 bits per heavy atom. The van der Waals surface area contributed by atoms with Crippen LogP contribution in [0.25, 0.3) is 0 Å². The van der Waals surface area contributed by atoms with Crippen LogP contribution in [0.2, 0.25) is 0 Å². The van der Waals surface area contributed by atoms with E-state index in [1.807, 2.05) is 0 Å². The number of aliphatic carboxylic acids is 1. The molecule has 2 N–H and O–H groups in total. The Labute approximate surface area is 104 Å². The van der Waals surface area contributed by atoms with E-state index in [2.05, 4.69) is 0 Å². The minimum Gasteiger partial charge on any atom is -0.481 e. The third-order valence-electron chi connectivity index (χ3n) is 3.21. The van der Waals surface area contributed by atoms with Crippen LogP contribution in [0.15, 0.2) is 0 Å². The molecule has 1 aliphatic rings. The van der Waals surface area contributed by atoms with E-state index in [-0.39, 0.29) is 11.7 Å². The predicted octanol–water partition coefficient (Wildman–Crippen LogP) is 0.387. The largest absolute Gasteiger partial charge is 0.481 e. The number of hydrogen-bond acceptors (Lipinski definition) is 4. The summed E-state index contributed by atoms with van der Waals surface area (Å²) in [6.45, 7) is 0.417. The lowest BCUT2D eigenvalue weighted by Gasteiger charge is -2.34. The zero-order valence-corrected chi connectivity index (χ0v) is 10.9. The smallest absolute Gasteiger partial charge is 0.306 e. The van der Waals surface area contributed by atoms with Crippen LogP contribution >= 0.6 is 0 Å². The van der Waals surface area contributed by atoms with Crippen molar-refractivity contribution in [1.29, 1.82) is 0 Å². The summed E-state index contributed by atoms with van der Waals surface area (Å²) < 4.78 is 16.5. The molecular formula is C11H20O5S. The average molecular weight is 264 g/mol. The van der Waals surface area contributed by atoms with E-state index in [0.717, 1.165) is 0 Å². The van der Waals surface area contributed by atoms with Gasteiger partial charge in [-0.15, -0.1) is 0 Å². The van der Waals surface area contributed by atoms with Crippen LogP contribution in [0.4, 0.5) is 0 Å². The van der Waals surface area contributed by atoms with Crippen molar-refractivity contribution in [3.63, 3.8) is 0 Å². The summed E-state index contributed by atoms with van der Waals surface area (Å²) >= 11 is 0. The first-order chi connectivity index (χ1) is 7.97. The number of rotatable bonds is 6. The standard InChI is InChI=1S/C11H20O5S/c1-16-6-7-17(15)8-11(14)4-2-9(3-5-11)10(12)13/h9,14H,2-8H2,1H3,(H,12,13). The van der Waals surface area contributed by atoms with Crippen molar-refractivity contribution in [2.75, 3.05) is 25.2 Å². The quantitative estimate of drug-likeness (QED) is 0.725. The van der Waals surface area contributed by atoms with E-state index >= 15 is 0 Å². The van der Waals surface area contributed by atoms with E-state index in [0.29, 0.717) is 38.0 Å². The summed E-state index contributed by atoms with van der Waals surface area (Å²) in [6, 6.07) is 0. The second-order valence-corrected chi connectivity index (χ2v) is 6.19. The summed E-state index contributed by atoms with van der Waals surface area (Å²) in [4.78, 5) is 10.8. The summed E-state index contributed by atoms with van der Waals surface area (Å²) in [6.07, 6.45) is 1.77. The molecule has 1 aliphatic carbocycles. The van der Waals surface area contributed by atoms with Gasteiger partial charge in [0, 0.05) is 23.7 Å². The highest BCUT2D eigenvalue weighted by Crippen LogP contribution is 2.32. The Balaban J connectivity index is 2.39. The van der Waals surface area contributed by atoms with Crippen molar-refractivity contribution in [3.05, 3.63) is 0 Å². The van der Waals surface area contributed by atoms with Gasteiger partial charge in [-0.25, -0.2) is 0 Å². The minimum atomic E-state index is -1.10. The van der Waals surface area contributed by atoms with Crippen molar-refractivity contribution in [2.24, 2.45) is 5.92 Å². The fourth-order valence-corrected chi connectivity index (χ4v) is 3.48. The van der Waals surface area contributed by atoms with Crippen molar-refractivity contribution >= 4 is 16.8 Å². The van der Waals surface area contributed by atoms with Gasteiger partial charge >= 0.3 is 5.97 Å². The van der Waals surface area contributed by atoms with Gasteiger partial charge in [0.2, 0.25) is 0 Å². The molecule has 1 unspecified atom stereocenters. The SMILES string of the molecule is COCCS(=O)CC1(O)CCC(C(=O)O)CC1. The zero-order chi connectivity index (χ0) is 12.9. The molecule has 0 aromatic rings. The van der Waals surface area contributed by atoms with E-state index in [1.54, 1.807) is 7.11 Å².